The van der Waals surface area contributed by atoms with Crippen LogP contribution in [0.3, 0.4) is 0 Å². The zero-order valence-electron chi connectivity index (χ0n) is 18.4. The average Bonchev–Trinajstić information content (AvgIpc) is 2.74. The van der Waals surface area contributed by atoms with Gasteiger partial charge in [-0.3, -0.25) is 4.79 Å². The quantitative estimate of drug-likeness (QED) is 0.669. The Balaban J connectivity index is 1.60. The number of piperidine rings is 1. The maximum atomic E-state index is 13.0. The molecule has 31 heavy (non-hydrogen) atoms. The van der Waals surface area contributed by atoms with Crippen molar-refractivity contribution in [1.29, 1.82) is 0 Å². The molecule has 0 bridgehead atoms. The Labute approximate surface area is 185 Å². The number of hydrogen-bond donors (Lipinski definition) is 1. The lowest BCUT2D eigenvalue weighted by Gasteiger charge is -2.26. The van der Waals surface area contributed by atoms with Crippen LogP contribution in [0.5, 0.6) is 0 Å². The van der Waals surface area contributed by atoms with Crippen molar-refractivity contribution < 1.29 is 22.7 Å². The largest absolute Gasteiger partial charge is 0.452 e. The summed E-state index contributed by atoms with van der Waals surface area (Å²) >= 11 is 0. The average molecular weight is 451 g/mol. The first-order chi connectivity index (χ1) is 14.9. The number of esters is 1. The Kier molecular flexibility index (Phi) is 8.49. The van der Waals surface area contributed by atoms with Crippen LogP contribution < -0.4 is 5.32 Å². The van der Waals surface area contributed by atoms with E-state index in [9.17, 15) is 18.0 Å². The molecule has 1 amide bonds. The molecule has 2 fully saturated rings. The summed E-state index contributed by atoms with van der Waals surface area (Å²) in [5, 5.41) is 2.96. The van der Waals surface area contributed by atoms with Crippen molar-refractivity contribution in [3.63, 3.8) is 0 Å². The van der Waals surface area contributed by atoms with Crippen LogP contribution in [0.4, 0.5) is 0 Å². The molecule has 1 saturated heterocycles. The molecule has 7 nitrogen and oxygen atoms in total. The monoisotopic (exact) mass is 450 g/mol. The van der Waals surface area contributed by atoms with E-state index in [-0.39, 0.29) is 29.0 Å². The number of hydrogen-bond acceptors (Lipinski definition) is 5. The van der Waals surface area contributed by atoms with E-state index in [0.717, 1.165) is 44.9 Å². The van der Waals surface area contributed by atoms with Gasteiger partial charge in [0.2, 0.25) is 10.0 Å². The van der Waals surface area contributed by atoms with Gasteiger partial charge in [-0.2, -0.15) is 4.31 Å². The summed E-state index contributed by atoms with van der Waals surface area (Å²) in [7, 11) is -3.66. The van der Waals surface area contributed by atoms with E-state index in [0.29, 0.717) is 18.7 Å². The summed E-state index contributed by atoms with van der Waals surface area (Å²) < 4.78 is 32.7. The fraction of sp³-hybridized carbons (Fsp3) is 0.652. The molecule has 0 aromatic heterocycles. The number of carbonyl (C=O) groups is 2. The highest BCUT2D eigenvalue weighted by Gasteiger charge is 2.28. The summed E-state index contributed by atoms with van der Waals surface area (Å²) in [6.07, 6.45) is 10.5. The van der Waals surface area contributed by atoms with Gasteiger partial charge in [-0.15, -0.1) is 0 Å². The summed E-state index contributed by atoms with van der Waals surface area (Å²) in [5.41, 5.74) is 0.726. The van der Waals surface area contributed by atoms with Crippen LogP contribution in [-0.2, 0) is 19.6 Å². The van der Waals surface area contributed by atoms with E-state index in [1.54, 1.807) is 19.1 Å². The third-order valence-electron chi connectivity index (χ3n) is 6.16. The number of aryl methyl sites for hydroxylation is 1. The lowest BCUT2D eigenvalue weighted by molar-refractivity contribution is -0.125. The van der Waals surface area contributed by atoms with E-state index >= 15 is 0 Å². The van der Waals surface area contributed by atoms with Crippen molar-refractivity contribution in [2.45, 2.75) is 82.1 Å². The highest BCUT2D eigenvalue weighted by molar-refractivity contribution is 7.89. The molecule has 1 heterocycles. The Morgan fingerprint density at radius 3 is 2.29 bits per heavy atom. The normalized spacial score (nSPS) is 19.3. The second-order valence-corrected chi connectivity index (χ2v) is 10.5. The lowest BCUT2D eigenvalue weighted by atomic mass is 9.97. The van der Waals surface area contributed by atoms with Crippen molar-refractivity contribution in [2.24, 2.45) is 0 Å². The number of ether oxygens (including phenoxy) is 1. The van der Waals surface area contributed by atoms with Crippen LogP contribution in [-0.4, -0.2) is 50.3 Å². The SMILES string of the molecule is Cc1ccc(C(=O)OCC(=O)NC2CCCCCCC2)cc1S(=O)(=O)N1CCCCC1. The molecule has 1 aliphatic carbocycles. The maximum Gasteiger partial charge on any atom is 0.338 e. The summed E-state index contributed by atoms with van der Waals surface area (Å²) in [4.78, 5) is 24.9. The predicted molar refractivity (Wildman–Crippen MR) is 118 cm³/mol. The van der Waals surface area contributed by atoms with Gasteiger partial charge in [0.25, 0.3) is 5.91 Å². The Hall–Kier alpha value is -1.93. The number of carbonyl (C=O) groups excluding carboxylic acids is 2. The molecule has 1 saturated carbocycles. The lowest BCUT2D eigenvalue weighted by Crippen LogP contribution is -2.38. The van der Waals surface area contributed by atoms with Crippen LogP contribution in [0.25, 0.3) is 0 Å². The highest BCUT2D eigenvalue weighted by atomic mass is 32.2. The second-order valence-electron chi connectivity index (χ2n) is 8.63. The Morgan fingerprint density at radius 2 is 1.61 bits per heavy atom. The molecule has 1 aliphatic heterocycles. The molecule has 0 unspecified atom stereocenters. The highest BCUT2D eigenvalue weighted by Crippen LogP contribution is 2.24. The van der Waals surface area contributed by atoms with E-state index in [4.69, 9.17) is 4.74 Å². The topological polar surface area (TPSA) is 92.8 Å². The molecule has 172 valence electrons. The molecular formula is C23H34N2O5S. The first-order valence-electron chi connectivity index (χ1n) is 11.5. The van der Waals surface area contributed by atoms with E-state index in [1.165, 1.54) is 29.6 Å². The van der Waals surface area contributed by atoms with Crippen molar-refractivity contribution in [1.82, 2.24) is 9.62 Å². The van der Waals surface area contributed by atoms with E-state index in [2.05, 4.69) is 5.32 Å². The number of sulfonamides is 1. The number of benzene rings is 1. The van der Waals surface area contributed by atoms with Crippen LogP contribution >= 0.6 is 0 Å². The smallest absolute Gasteiger partial charge is 0.338 e. The first-order valence-corrected chi connectivity index (χ1v) is 12.9. The van der Waals surface area contributed by atoms with Gasteiger partial charge >= 0.3 is 5.97 Å². The summed E-state index contributed by atoms with van der Waals surface area (Å²) in [5.74, 6) is -1.00. The molecule has 1 N–H and O–H groups in total. The van der Waals surface area contributed by atoms with Gasteiger partial charge in [-0.05, 0) is 50.3 Å². The minimum absolute atomic E-state index is 0.128. The molecule has 8 heteroatoms. The third-order valence-corrected chi connectivity index (χ3v) is 8.20. The Bertz CT molecular complexity index is 870. The van der Waals surface area contributed by atoms with Gasteiger partial charge in [-0.25, -0.2) is 13.2 Å². The maximum absolute atomic E-state index is 13.0. The van der Waals surface area contributed by atoms with Crippen LogP contribution in [0.15, 0.2) is 23.1 Å². The first kappa shape index (κ1) is 23.7. The summed E-state index contributed by atoms with van der Waals surface area (Å²) in [6, 6.07) is 4.66. The van der Waals surface area contributed by atoms with E-state index < -0.39 is 16.0 Å². The third kappa shape index (κ3) is 6.53. The molecule has 0 radical (unpaired) electrons. The zero-order chi connectivity index (χ0) is 22.3. The van der Waals surface area contributed by atoms with Crippen molar-refractivity contribution >= 4 is 21.9 Å². The molecule has 1 aromatic carbocycles. The molecule has 1 aromatic rings. The molecule has 2 aliphatic rings. The summed E-state index contributed by atoms with van der Waals surface area (Å²) in [6.45, 7) is 2.35. The van der Waals surface area contributed by atoms with Crippen LogP contribution in [0, 0.1) is 6.92 Å². The molecule has 0 spiro atoms. The van der Waals surface area contributed by atoms with Gasteiger partial charge in [0.05, 0.1) is 10.5 Å². The number of rotatable bonds is 6. The van der Waals surface area contributed by atoms with Gasteiger partial charge in [0, 0.05) is 19.1 Å². The standard InChI is InChI=1S/C23H34N2O5S/c1-18-12-13-19(16-21(18)31(28,29)25-14-8-5-9-15-25)23(27)30-17-22(26)24-20-10-6-3-2-4-7-11-20/h12-13,16,20H,2-11,14-15,17H2,1H3,(H,24,26). The van der Waals surface area contributed by atoms with Crippen molar-refractivity contribution in [2.75, 3.05) is 19.7 Å². The number of amides is 1. The minimum Gasteiger partial charge on any atom is -0.452 e. The number of nitrogens with one attached hydrogen (secondary N) is 1. The van der Waals surface area contributed by atoms with Crippen molar-refractivity contribution in [3.8, 4) is 0 Å². The van der Waals surface area contributed by atoms with Crippen molar-refractivity contribution in [3.05, 3.63) is 29.3 Å². The zero-order valence-corrected chi connectivity index (χ0v) is 19.2. The number of nitrogens with zero attached hydrogens (tertiary/aromatic N) is 1. The fourth-order valence-corrected chi connectivity index (χ4v) is 6.10. The fourth-order valence-electron chi connectivity index (χ4n) is 4.33. The Morgan fingerprint density at radius 1 is 1.00 bits per heavy atom. The van der Waals surface area contributed by atoms with Gasteiger partial charge in [0.15, 0.2) is 6.61 Å². The van der Waals surface area contributed by atoms with Crippen LogP contribution in [0.2, 0.25) is 0 Å². The molecular weight excluding hydrogens is 416 g/mol. The van der Waals surface area contributed by atoms with E-state index in [1.807, 2.05) is 0 Å². The molecule has 3 rings (SSSR count). The molecule has 0 atom stereocenters. The van der Waals surface area contributed by atoms with Crippen LogP contribution in [0.1, 0.15) is 80.1 Å². The van der Waals surface area contributed by atoms with Gasteiger partial charge in [-0.1, -0.05) is 44.6 Å². The minimum atomic E-state index is -3.66. The second kappa shape index (κ2) is 11.1. The predicted octanol–water partition coefficient (Wildman–Crippen LogP) is 3.56. The van der Waals surface area contributed by atoms with Gasteiger partial charge < -0.3 is 10.1 Å². The van der Waals surface area contributed by atoms with Gasteiger partial charge in [0.1, 0.15) is 0 Å².